The summed E-state index contributed by atoms with van der Waals surface area (Å²) in [6.45, 7) is 0. The summed E-state index contributed by atoms with van der Waals surface area (Å²) in [4.78, 5) is 12.6. The molecule has 2 rings (SSSR count). The third-order valence-corrected chi connectivity index (χ3v) is 2.01. The largest absolute Gasteiger partial charge is 1.00 e. The molecule has 0 radical (unpaired) electrons. The van der Waals surface area contributed by atoms with Crippen molar-refractivity contribution in [3.8, 4) is 0 Å². The van der Waals surface area contributed by atoms with Crippen LogP contribution in [-0.4, -0.2) is 16.0 Å². The third-order valence-electron chi connectivity index (χ3n) is 2.01. The molecule has 0 aromatic carbocycles. The van der Waals surface area contributed by atoms with E-state index in [0.29, 0.717) is 0 Å². The van der Waals surface area contributed by atoms with Gasteiger partial charge in [0.05, 0.1) is 5.92 Å². The van der Waals surface area contributed by atoms with Gasteiger partial charge < -0.3 is 11.4 Å². The minimum atomic E-state index is -0.814. The van der Waals surface area contributed by atoms with Gasteiger partial charge in [-0.05, 0) is 24.3 Å². The molecule has 68 valence electrons. The van der Waals surface area contributed by atoms with Crippen molar-refractivity contribution >= 4 is 5.97 Å². The number of carbonyl (C=O) groups is 1. The molecule has 4 heteroatoms. The van der Waals surface area contributed by atoms with Crippen molar-refractivity contribution < 1.29 is 40.9 Å². The zero-order valence-corrected chi connectivity index (χ0v) is 9.92. The smallest absolute Gasteiger partial charge is 1.00 e. The standard InChI is InChI=1S/C10H9NO2.Na.H/c12-10(13)8-4-6-11-5-2-1-3-9(11)7-8;;/h1-8H,(H,12,13);;/q;+1;-1. The zero-order chi connectivity index (χ0) is 9.26. The van der Waals surface area contributed by atoms with Crippen molar-refractivity contribution in [2.24, 2.45) is 5.92 Å². The molecule has 1 N–H and O–H groups in total. The van der Waals surface area contributed by atoms with Crippen molar-refractivity contribution in [2.45, 2.75) is 0 Å². The van der Waals surface area contributed by atoms with Crippen molar-refractivity contribution in [1.82, 2.24) is 4.90 Å². The van der Waals surface area contributed by atoms with Gasteiger partial charge in [0.15, 0.2) is 0 Å². The maximum atomic E-state index is 10.7. The summed E-state index contributed by atoms with van der Waals surface area (Å²) >= 11 is 0. The first-order valence-electron chi connectivity index (χ1n) is 4.03. The number of aliphatic carboxylic acids is 1. The maximum Gasteiger partial charge on any atom is 1.00 e. The summed E-state index contributed by atoms with van der Waals surface area (Å²) in [6, 6.07) is 0. The second-order valence-electron chi connectivity index (χ2n) is 2.90. The van der Waals surface area contributed by atoms with Gasteiger partial charge >= 0.3 is 35.5 Å². The summed E-state index contributed by atoms with van der Waals surface area (Å²) in [5, 5.41) is 8.77. The van der Waals surface area contributed by atoms with Gasteiger partial charge in [0.2, 0.25) is 0 Å². The van der Waals surface area contributed by atoms with Crippen LogP contribution in [0.3, 0.4) is 0 Å². The Kier molecular flexibility index (Phi) is 3.75. The molecule has 2 aliphatic heterocycles. The van der Waals surface area contributed by atoms with Gasteiger partial charge in [0.1, 0.15) is 0 Å². The number of nitrogens with zero attached hydrogens (tertiary/aromatic N) is 1. The van der Waals surface area contributed by atoms with E-state index >= 15 is 0 Å². The van der Waals surface area contributed by atoms with Crippen molar-refractivity contribution in [3.05, 3.63) is 48.5 Å². The molecule has 3 nitrogen and oxygen atoms in total. The van der Waals surface area contributed by atoms with Crippen LogP contribution in [0.25, 0.3) is 0 Å². The molecule has 0 spiro atoms. The Hall–Kier alpha value is -0.770. The second kappa shape index (κ2) is 4.64. The van der Waals surface area contributed by atoms with Crippen LogP contribution in [0.2, 0.25) is 0 Å². The van der Waals surface area contributed by atoms with Crippen LogP contribution < -0.4 is 29.6 Å². The number of fused-ring (bicyclic) bond motifs is 1. The average Bonchev–Trinajstić information content (AvgIpc) is 2.17. The van der Waals surface area contributed by atoms with E-state index in [1.807, 2.05) is 29.3 Å². The van der Waals surface area contributed by atoms with E-state index in [-0.39, 0.29) is 31.0 Å². The van der Waals surface area contributed by atoms with Crippen LogP contribution in [0.5, 0.6) is 0 Å². The van der Waals surface area contributed by atoms with E-state index in [2.05, 4.69) is 0 Å². The van der Waals surface area contributed by atoms with Crippen LogP contribution in [0.4, 0.5) is 0 Å². The molecule has 0 saturated heterocycles. The third kappa shape index (κ3) is 2.18. The van der Waals surface area contributed by atoms with Gasteiger partial charge in [0, 0.05) is 18.1 Å². The molecular formula is C10H10NNaO2. The van der Waals surface area contributed by atoms with E-state index in [9.17, 15) is 4.79 Å². The molecule has 2 heterocycles. The minimum Gasteiger partial charge on any atom is -1.00 e. The van der Waals surface area contributed by atoms with Crippen LogP contribution in [0, 0.1) is 5.92 Å². The molecule has 0 aromatic heterocycles. The van der Waals surface area contributed by atoms with Crippen LogP contribution in [-0.2, 0) is 4.79 Å². The molecule has 0 aromatic rings. The Labute approximate surface area is 106 Å². The number of carboxylic acids is 1. The zero-order valence-electron chi connectivity index (χ0n) is 8.92. The number of hydrogen-bond acceptors (Lipinski definition) is 2. The normalized spacial score (nSPS) is 22.4. The van der Waals surface area contributed by atoms with Gasteiger partial charge in [-0.25, -0.2) is 0 Å². The van der Waals surface area contributed by atoms with Gasteiger partial charge in [-0.1, -0.05) is 6.08 Å². The van der Waals surface area contributed by atoms with Crippen molar-refractivity contribution in [2.75, 3.05) is 0 Å². The fourth-order valence-electron chi connectivity index (χ4n) is 1.32. The van der Waals surface area contributed by atoms with E-state index in [1.165, 1.54) is 0 Å². The van der Waals surface area contributed by atoms with Gasteiger partial charge in [0.25, 0.3) is 0 Å². The predicted octanol–water partition coefficient (Wildman–Crippen LogP) is -1.40. The van der Waals surface area contributed by atoms with E-state index in [4.69, 9.17) is 5.11 Å². The Balaban J connectivity index is 0.000000980. The van der Waals surface area contributed by atoms with Crippen LogP contribution in [0.1, 0.15) is 1.43 Å². The Morgan fingerprint density at radius 1 is 1.43 bits per heavy atom. The van der Waals surface area contributed by atoms with Gasteiger partial charge in [-0.3, -0.25) is 4.79 Å². The monoisotopic (exact) mass is 199 g/mol. The summed E-state index contributed by atoms with van der Waals surface area (Å²) in [5.74, 6) is -1.31. The molecule has 0 saturated carbocycles. The summed E-state index contributed by atoms with van der Waals surface area (Å²) in [7, 11) is 0. The van der Waals surface area contributed by atoms with Gasteiger partial charge in [-0.15, -0.1) is 0 Å². The molecule has 0 fully saturated rings. The summed E-state index contributed by atoms with van der Waals surface area (Å²) in [5.41, 5.74) is 0.914. The SMILES string of the molecule is O=C(O)C1C=CN2C=CC=CC2=C1.[H-].[Na+]. The molecule has 14 heavy (non-hydrogen) atoms. The predicted molar refractivity (Wildman–Crippen MR) is 49.6 cm³/mol. The topological polar surface area (TPSA) is 40.5 Å². The molecule has 2 aliphatic rings. The average molecular weight is 199 g/mol. The summed E-state index contributed by atoms with van der Waals surface area (Å²) < 4.78 is 0. The first-order chi connectivity index (χ1) is 6.27. The molecule has 1 atom stereocenters. The fraction of sp³-hybridized carbons (Fsp3) is 0.100. The second-order valence-corrected chi connectivity index (χ2v) is 2.90. The molecular weight excluding hydrogens is 189 g/mol. The Morgan fingerprint density at radius 3 is 2.93 bits per heavy atom. The molecule has 0 amide bonds. The van der Waals surface area contributed by atoms with E-state index in [0.717, 1.165) is 5.70 Å². The van der Waals surface area contributed by atoms with Crippen LogP contribution in [0.15, 0.2) is 48.5 Å². The number of rotatable bonds is 1. The molecule has 0 aliphatic carbocycles. The van der Waals surface area contributed by atoms with E-state index in [1.54, 1.807) is 18.4 Å². The molecule has 0 bridgehead atoms. The number of allylic oxidation sites excluding steroid dienone is 3. The van der Waals surface area contributed by atoms with Gasteiger partial charge in [-0.2, -0.15) is 0 Å². The Bertz CT molecular complexity index is 360. The first-order valence-corrected chi connectivity index (χ1v) is 4.03. The number of hydrogen-bond donors (Lipinski definition) is 1. The van der Waals surface area contributed by atoms with Crippen molar-refractivity contribution in [3.63, 3.8) is 0 Å². The molecule has 1 unspecified atom stereocenters. The van der Waals surface area contributed by atoms with Crippen LogP contribution >= 0.6 is 0 Å². The minimum absolute atomic E-state index is 0. The maximum absolute atomic E-state index is 10.7. The summed E-state index contributed by atoms with van der Waals surface area (Å²) in [6.07, 6.45) is 12.7. The number of carboxylic acid groups (broad SMARTS) is 1. The quantitative estimate of drug-likeness (QED) is 0.528. The van der Waals surface area contributed by atoms with Crippen molar-refractivity contribution in [1.29, 1.82) is 0 Å². The Morgan fingerprint density at radius 2 is 2.21 bits per heavy atom. The first kappa shape index (κ1) is 11.3. The fourth-order valence-corrected chi connectivity index (χ4v) is 1.32. The van der Waals surface area contributed by atoms with E-state index < -0.39 is 11.9 Å².